The van der Waals surface area contributed by atoms with Crippen molar-refractivity contribution >= 4 is 0 Å². The molecule has 1 heterocycles. The second-order valence-corrected chi connectivity index (χ2v) is 8.15. The van der Waals surface area contributed by atoms with E-state index in [0.717, 1.165) is 44.5 Å². The Kier molecular flexibility index (Phi) is 7.15. The second kappa shape index (κ2) is 9.37. The van der Waals surface area contributed by atoms with Crippen LogP contribution in [0.15, 0.2) is 12.1 Å². The van der Waals surface area contributed by atoms with Crippen LogP contribution in [0.3, 0.4) is 0 Å². The Morgan fingerprint density at radius 2 is 2.04 bits per heavy atom. The first-order valence-corrected chi connectivity index (χ1v) is 10.4. The average molecular weight is 378 g/mol. The largest absolute Gasteiger partial charge is 0.494 e. The fourth-order valence-corrected chi connectivity index (χ4v) is 4.73. The quantitative estimate of drug-likeness (QED) is 0.648. The van der Waals surface area contributed by atoms with Gasteiger partial charge in [0.05, 0.1) is 19.3 Å². The molecule has 0 aromatic heterocycles. The fourth-order valence-electron chi connectivity index (χ4n) is 4.73. The molecule has 2 atom stereocenters. The highest BCUT2D eigenvalue weighted by Crippen LogP contribution is 2.37. The third-order valence-electron chi connectivity index (χ3n) is 6.27. The lowest BCUT2D eigenvalue weighted by Crippen LogP contribution is -2.53. The summed E-state index contributed by atoms with van der Waals surface area (Å²) in [4.78, 5) is 2.37. The summed E-state index contributed by atoms with van der Waals surface area (Å²) in [5.41, 5.74) is 3.66. The smallest absolute Gasteiger partial charge is 0.124 e. The Hall–Kier alpha value is -1.14. The van der Waals surface area contributed by atoms with Crippen molar-refractivity contribution in [3.05, 3.63) is 28.8 Å². The third kappa shape index (κ3) is 4.65. The summed E-state index contributed by atoms with van der Waals surface area (Å²) < 4.78 is 11.1. The molecule has 1 aliphatic heterocycles. The molecular formula is C22H35NO4. The molecule has 1 aromatic rings. The van der Waals surface area contributed by atoms with Gasteiger partial charge in [-0.15, -0.1) is 0 Å². The maximum atomic E-state index is 10.6. The topological polar surface area (TPSA) is 62.2 Å². The van der Waals surface area contributed by atoms with Gasteiger partial charge < -0.3 is 19.7 Å². The standard InChI is InChI=1S/C22H35NO4/c1-3-27-20-13-18-7-4-6-17(18)12-19(20)14-23-10-8-21(25)22(15-23,16-24)9-5-11-26-2/h12-13,21,24-25H,3-11,14-16H2,1-2H3/t21-,22+/m1/s1. The molecule has 1 saturated heterocycles. The van der Waals surface area contributed by atoms with E-state index >= 15 is 0 Å². The number of hydrogen-bond acceptors (Lipinski definition) is 5. The van der Waals surface area contributed by atoms with E-state index in [0.29, 0.717) is 26.2 Å². The Morgan fingerprint density at radius 3 is 2.74 bits per heavy atom. The molecule has 5 heteroatoms. The van der Waals surface area contributed by atoms with Crippen molar-refractivity contribution in [1.82, 2.24) is 4.90 Å². The van der Waals surface area contributed by atoms with Crippen molar-refractivity contribution in [3.63, 3.8) is 0 Å². The van der Waals surface area contributed by atoms with Crippen molar-refractivity contribution in [3.8, 4) is 5.75 Å². The number of hydrogen-bond donors (Lipinski definition) is 2. The molecule has 0 spiro atoms. The fraction of sp³-hybridized carbons (Fsp3) is 0.727. The number of rotatable bonds is 9. The van der Waals surface area contributed by atoms with Crippen LogP contribution in [-0.4, -0.2) is 61.2 Å². The van der Waals surface area contributed by atoms with Crippen molar-refractivity contribution in [2.75, 3.05) is 40.0 Å². The summed E-state index contributed by atoms with van der Waals surface area (Å²) in [6.07, 6.45) is 5.41. The SMILES string of the molecule is CCOc1cc2c(cc1CN1CC[C@@H](O)[C@@](CO)(CCCOC)C1)CCC2. The van der Waals surface area contributed by atoms with E-state index in [1.807, 2.05) is 6.92 Å². The Balaban J connectivity index is 1.75. The summed E-state index contributed by atoms with van der Waals surface area (Å²) in [7, 11) is 1.69. The molecule has 2 N–H and O–H groups in total. The van der Waals surface area contributed by atoms with E-state index in [2.05, 4.69) is 17.0 Å². The number of likely N-dealkylation sites (tertiary alicyclic amines) is 1. The normalized spacial score (nSPS) is 25.6. The van der Waals surface area contributed by atoms with Gasteiger partial charge in [0.15, 0.2) is 0 Å². The first-order valence-electron chi connectivity index (χ1n) is 10.4. The number of fused-ring (bicyclic) bond motifs is 1. The molecular weight excluding hydrogens is 342 g/mol. The van der Waals surface area contributed by atoms with Gasteiger partial charge in [-0.2, -0.15) is 0 Å². The van der Waals surface area contributed by atoms with Gasteiger partial charge in [-0.05, 0) is 62.6 Å². The second-order valence-electron chi connectivity index (χ2n) is 8.15. The molecule has 152 valence electrons. The number of nitrogens with zero attached hydrogens (tertiary/aromatic N) is 1. The zero-order valence-electron chi connectivity index (χ0n) is 16.9. The number of aliphatic hydroxyl groups is 2. The molecule has 1 fully saturated rings. The molecule has 1 aliphatic carbocycles. The van der Waals surface area contributed by atoms with Crippen molar-refractivity contribution in [1.29, 1.82) is 0 Å². The van der Waals surface area contributed by atoms with Gasteiger partial charge in [-0.3, -0.25) is 4.90 Å². The van der Waals surface area contributed by atoms with E-state index in [4.69, 9.17) is 9.47 Å². The zero-order chi connectivity index (χ0) is 19.3. The van der Waals surface area contributed by atoms with Gasteiger partial charge in [0.1, 0.15) is 5.75 Å². The number of aryl methyl sites for hydroxylation is 2. The van der Waals surface area contributed by atoms with Gasteiger partial charge in [0.25, 0.3) is 0 Å². The minimum absolute atomic E-state index is 0.0108. The van der Waals surface area contributed by atoms with E-state index in [1.165, 1.54) is 23.1 Å². The van der Waals surface area contributed by atoms with Crippen LogP contribution in [0.1, 0.15) is 49.3 Å². The summed E-state index contributed by atoms with van der Waals surface area (Å²) in [5, 5.41) is 20.7. The molecule has 0 unspecified atom stereocenters. The highest BCUT2D eigenvalue weighted by molar-refractivity contribution is 5.45. The van der Waals surface area contributed by atoms with Crippen LogP contribution in [0, 0.1) is 5.41 Å². The predicted molar refractivity (Wildman–Crippen MR) is 106 cm³/mol. The summed E-state index contributed by atoms with van der Waals surface area (Å²) in [6.45, 7) is 5.72. The Bertz CT molecular complexity index is 621. The Labute approximate surface area is 163 Å². The lowest BCUT2D eigenvalue weighted by atomic mass is 9.74. The molecule has 3 rings (SSSR count). The lowest BCUT2D eigenvalue weighted by Gasteiger charge is -2.45. The van der Waals surface area contributed by atoms with Crippen LogP contribution in [-0.2, 0) is 24.1 Å². The van der Waals surface area contributed by atoms with Gasteiger partial charge in [0, 0.05) is 44.3 Å². The number of piperidine rings is 1. The maximum Gasteiger partial charge on any atom is 0.124 e. The summed E-state index contributed by atoms with van der Waals surface area (Å²) >= 11 is 0. The lowest BCUT2D eigenvalue weighted by molar-refractivity contribution is -0.0844. The minimum atomic E-state index is -0.459. The third-order valence-corrected chi connectivity index (χ3v) is 6.27. The van der Waals surface area contributed by atoms with Crippen LogP contribution in [0.25, 0.3) is 0 Å². The van der Waals surface area contributed by atoms with Gasteiger partial charge in [-0.1, -0.05) is 6.07 Å². The molecule has 27 heavy (non-hydrogen) atoms. The summed E-state index contributed by atoms with van der Waals surface area (Å²) in [6, 6.07) is 4.56. The van der Waals surface area contributed by atoms with Gasteiger partial charge >= 0.3 is 0 Å². The van der Waals surface area contributed by atoms with Crippen LogP contribution >= 0.6 is 0 Å². The molecule has 0 radical (unpaired) electrons. The molecule has 0 bridgehead atoms. The van der Waals surface area contributed by atoms with Crippen molar-refractivity contribution < 1.29 is 19.7 Å². The van der Waals surface area contributed by atoms with Crippen LogP contribution in [0.5, 0.6) is 5.75 Å². The average Bonchev–Trinajstić information content (AvgIpc) is 3.12. The minimum Gasteiger partial charge on any atom is -0.494 e. The molecule has 2 aliphatic rings. The monoisotopic (exact) mass is 377 g/mol. The number of aliphatic hydroxyl groups excluding tert-OH is 2. The molecule has 0 amide bonds. The molecule has 1 aromatic carbocycles. The first-order chi connectivity index (χ1) is 13.1. The number of methoxy groups -OCH3 is 1. The summed E-state index contributed by atoms with van der Waals surface area (Å²) in [5.74, 6) is 0.998. The number of ether oxygens (including phenoxy) is 2. The predicted octanol–water partition coefficient (Wildman–Crippen LogP) is 2.55. The molecule has 0 saturated carbocycles. The number of benzene rings is 1. The highest BCUT2D eigenvalue weighted by atomic mass is 16.5. The van der Waals surface area contributed by atoms with Crippen LogP contribution < -0.4 is 4.74 Å². The van der Waals surface area contributed by atoms with E-state index in [9.17, 15) is 10.2 Å². The highest BCUT2D eigenvalue weighted by Gasteiger charge is 2.42. The van der Waals surface area contributed by atoms with Gasteiger partial charge in [0.2, 0.25) is 0 Å². The van der Waals surface area contributed by atoms with Crippen LogP contribution in [0.2, 0.25) is 0 Å². The van der Waals surface area contributed by atoms with Crippen molar-refractivity contribution in [2.24, 2.45) is 5.41 Å². The van der Waals surface area contributed by atoms with E-state index in [-0.39, 0.29) is 6.61 Å². The van der Waals surface area contributed by atoms with Gasteiger partial charge in [-0.25, -0.2) is 0 Å². The van der Waals surface area contributed by atoms with Crippen molar-refractivity contribution in [2.45, 2.75) is 58.1 Å². The van der Waals surface area contributed by atoms with E-state index < -0.39 is 11.5 Å². The molecule has 5 nitrogen and oxygen atoms in total. The van der Waals surface area contributed by atoms with Crippen LogP contribution in [0.4, 0.5) is 0 Å². The van der Waals surface area contributed by atoms with E-state index in [1.54, 1.807) is 7.11 Å². The zero-order valence-corrected chi connectivity index (χ0v) is 16.9. The maximum absolute atomic E-state index is 10.6. The Morgan fingerprint density at radius 1 is 1.26 bits per heavy atom. The first kappa shape index (κ1) is 20.6.